The first-order valence-corrected chi connectivity index (χ1v) is 7.22. The molecule has 0 bridgehead atoms. The topological polar surface area (TPSA) is 61.8 Å². The SMILES string of the molecule is CC1COC(CO)CN1C(=O)C1CSCCN1. The van der Waals surface area contributed by atoms with Gasteiger partial charge in [0.05, 0.1) is 31.4 Å². The van der Waals surface area contributed by atoms with Crippen molar-refractivity contribution in [1.29, 1.82) is 0 Å². The third-order valence-corrected chi connectivity index (χ3v) is 4.27. The first kappa shape index (κ1) is 13.1. The smallest absolute Gasteiger partial charge is 0.240 e. The minimum atomic E-state index is -0.230. The van der Waals surface area contributed by atoms with Crippen molar-refractivity contribution in [3.05, 3.63) is 0 Å². The number of nitrogens with zero attached hydrogens (tertiary/aromatic N) is 1. The van der Waals surface area contributed by atoms with Crippen LogP contribution in [0.1, 0.15) is 6.92 Å². The summed E-state index contributed by atoms with van der Waals surface area (Å²) in [6, 6.07) is 0.0210. The van der Waals surface area contributed by atoms with E-state index in [9.17, 15) is 4.79 Å². The number of carbonyl (C=O) groups is 1. The Hall–Kier alpha value is -0.300. The molecule has 3 unspecified atom stereocenters. The van der Waals surface area contributed by atoms with Crippen molar-refractivity contribution in [2.45, 2.75) is 25.1 Å². The number of aliphatic hydroxyl groups excluding tert-OH is 1. The summed E-state index contributed by atoms with van der Waals surface area (Å²) in [5.74, 6) is 2.06. The van der Waals surface area contributed by atoms with Crippen LogP contribution < -0.4 is 5.32 Å². The van der Waals surface area contributed by atoms with Gasteiger partial charge in [-0.2, -0.15) is 11.8 Å². The summed E-state index contributed by atoms with van der Waals surface area (Å²) in [4.78, 5) is 14.2. The zero-order valence-electron chi connectivity index (χ0n) is 10.1. The summed E-state index contributed by atoms with van der Waals surface area (Å²) in [5.41, 5.74) is 0. The quantitative estimate of drug-likeness (QED) is 0.687. The summed E-state index contributed by atoms with van der Waals surface area (Å²) in [6.45, 7) is 3.87. The molecule has 2 rings (SSSR count). The molecule has 2 fully saturated rings. The predicted molar refractivity (Wildman–Crippen MR) is 67.1 cm³/mol. The molecule has 17 heavy (non-hydrogen) atoms. The summed E-state index contributed by atoms with van der Waals surface area (Å²) >= 11 is 1.81. The van der Waals surface area contributed by atoms with Gasteiger partial charge in [-0.25, -0.2) is 0 Å². The van der Waals surface area contributed by atoms with Crippen LogP contribution in [0.5, 0.6) is 0 Å². The summed E-state index contributed by atoms with van der Waals surface area (Å²) in [6.07, 6.45) is -0.230. The number of aliphatic hydroxyl groups is 1. The first-order valence-electron chi connectivity index (χ1n) is 6.06. The summed E-state index contributed by atoms with van der Waals surface area (Å²) in [5, 5.41) is 12.4. The van der Waals surface area contributed by atoms with Gasteiger partial charge in [-0.15, -0.1) is 0 Å². The molecule has 3 atom stereocenters. The van der Waals surface area contributed by atoms with Crippen molar-refractivity contribution in [2.75, 3.05) is 37.8 Å². The van der Waals surface area contributed by atoms with E-state index < -0.39 is 0 Å². The fraction of sp³-hybridized carbons (Fsp3) is 0.909. The second-order valence-corrected chi connectivity index (χ2v) is 5.71. The van der Waals surface area contributed by atoms with Gasteiger partial charge in [0.25, 0.3) is 0 Å². The fourth-order valence-electron chi connectivity index (χ4n) is 2.16. The maximum absolute atomic E-state index is 12.3. The number of thioether (sulfide) groups is 1. The van der Waals surface area contributed by atoms with Crippen molar-refractivity contribution in [1.82, 2.24) is 10.2 Å². The number of ether oxygens (including phenoxy) is 1. The fourth-order valence-corrected chi connectivity index (χ4v) is 3.08. The van der Waals surface area contributed by atoms with Gasteiger partial charge in [0.2, 0.25) is 5.91 Å². The highest BCUT2D eigenvalue weighted by Gasteiger charge is 2.33. The van der Waals surface area contributed by atoms with Gasteiger partial charge in [-0.05, 0) is 6.92 Å². The minimum Gasteiger partial charge on any atom is -0.394 e. The molecular formula is C11H20N2O3S. The highest BCUT2D eigenvalue weighted by atomic mass is 32.2. The molecule has 1 amide bonds. The number of amides is 1. The Morgan fingerprint density at radius 1 is 1.65 bits per heavy atom. The van der Waals surface area contributed by atoms with Crippen LogP contribution in [-0.2, 0) is 9.53 Å². The van der Waals surface area contributed by atoms with Crippen LogP contribution in [0, 0.1) is 0 Å². The number of hydrogen-bond acceptors (Lipinski definition) is 5. The maximum atomic E-state index is 12.3. The Balaban J connectivity index is 1.95. The van der Waals surface area contributed by atoms with Crippen molar-refractivity contribution in [3.8, 4) is 0 Å². The molecule has 0 aromatic carbocycles. The number of carbonyl (C=O) groups excluding carboxylic acids is 1. The van der Waals surface area contributed by atoms with Gasteiger partial charge < -0.3 is 20.1 Å². The summed E-state index contributed by atoms with van der Waals surface area (Å²) in [7, 11) is 0. The number of nitrogens with one attached hydrogen (secondary N) is 1. The second-order valence-electron chi connectivity index (χ2n) is 4.56. The lowest BCUT2D eigenvalue weighted by atomic mass is 10.1. The van der Waals surface area contributed by atoms with Crippen LogP contribution in [0.15, 0.2) is 0 Å². The number of hydrogen-bond donors (Lipinski definition) is 2. The van der Waals surface area contributed by atoms with E-state index in [2.05, 4.69) is 5.32 Å². The molecule has 0 aromatic heterocycles. The number of rotatable bonds is 2. The molecule has 6 heteroatoms. The van der Waals surface area contributed by atoms with Crippen LogP contribution in [-0.4, -0.2) is 71.9 Å². The highest BCUT2D eigenvalue weighted by Crippen LogP contribution is 2.16. The van der Waals surface area contributed by atoms with E-state index in [-0.39, 0.29) is 30.7 Å². The van der Waals surface area contributed by atoms with Gasteiger partial charge in [0, 0.05) is 24.6 Å². The standard InChI is InChI=1S/C11H20N2O3S/c1-8-6-16-9(5-14)4-13(8)11(15)10-7-17-3-2-12-10/h8-10,12,14H,2-7H2,1H3. The Morgan fingerprint density at radius 2 is 2.47 bits per heavy atom. The third kappa shape index (κ3) is 3.13. The number of morpholine rings is 1. The summed E-state index contributed by atoms with van der Waals surface area (Å²) < 4.78 is 5.44. The molecule has 98 valence electrons. The highest BCUT2D eigenvalue weighted by molar-refractivity contribution is 7.99. The zero-order valence-corrected chi connectivity index (χ0v) is 10.9. The molecule has 2 aliphatic heterocycles. The van der Waals surface area contributed by atoms with Crippen LogP contribution in [0.25, 0.3) is 0 Å². The third-order valence-electron chi connectivity index (χ3n) is 3.21. The van der Waals surface area contributed by atoms with Crippen molar-refractivity contribution < 1.29 is 14.6 Å². The molecule has 2 saturated heterocycles. The first-order chi connectivity index (χ1) is 8.22. The van der Waals surface area contributed by atoms with Gasteiger partial charge in [-0.1, -0.05) is 0 Å². The lowest BCUT2D eigenvalue weighted by Gasteiger charge is -2.39. The molecule has 2 heterocycles. The van der Waals surface area contributed by atoms with E-state index >= 15 is 0 Å². The van der Waals surface area contributed by atoms with Crippen LogP contribution in [0.2, 0.25) is 0 Å². The van der Waals surface area contributed by atoms with Crippen molar-refractivity contribution in [2.24, 2.45) is 0 Å². The van der Waals surface area contributed by atoms with E-state index in [0.717, 1.165) is 18.1 Å². The molecule has 0 radical (unpaired) electrons. The van der Waals surface area contributed by atoms with Gasteiger partial charge in [0.15, 0.2) is 0 Å². The van der Waals surface area contributed by atoms with E-state index in [4.69, 9.17) is 9.84 Å². The maximum Gasteiger partial charge on any atom is 0.240 e. The lowest BCUT2D eigenvalue weighted by Crippen LogP contribution is -2.58. The molecule has 2 N–H and O–H groups in total. The van der Waals surface area contributed by atoms with E-state index in [1.165, 1.54) is 0 Å². The van der Waals surface area contributed by atoms with Crippen LogP contribution in [0.4, 0.5) is 0 Å². The van der Waals surface area contributed by atoms with Gasteiger partial charge in [0.1, 0.15) is 0 Å². The van der Waals surface area contributed by atoms with Crippen molar-refractivity contribution in [3.63, 3.8) is 0 Å². The molecule has 0 aromatic rings. The van der Waals surface area contributed by atoms with Gasteiger partial charge >= 0.3 is 0 Å². The van der Waals surface area contributed by atoms with Crippen molar-refractivity contribution >= 4 is 17.7 Å². The molecule has 5 nitrogen and oxygen atoms in total. The van der Waals surface area contributed by atoms with E-state index in [0.29, 0.717) is 13.2 Å². The van der Waals surface area contributed by atoms with Gasteiger partial charge in [-0.3, -0.25) is 4.79 Å². The lowest BCUT2D eigenvalue weighted by molar-refractivity contribution is -0.147. The molecule has 0 spiro atoms. The average molecular weight is 260 g/mol. The van der Waals surface area contributed by atoms with E-state index in [1.54, 1.807) is 0 Å². The molecule has 0 aliphatic carbocycles. The Labute approximate surface area is 106 Å². The van der Waals surface area contributed by atoms with Crippen LogP contribution in [0.3, 0.4) is 0 Å². The molecule has 0 saturated carbocycles. The monoisotopic (exact) mass is 260 g/mol. The molecule has 2 aliphatic rings. The van der Waals surface area contributed by atoms with E-state index in [1.807, 2.05) is 23.6 Å². The largest absolute Gasteiger partial charge is 0.394 e. The zero-order chi connectivity index (χ0) is 12.3. The normalized spacial score (nSPS) is 34.7. The minimum absolute atomic E-state index is 0.0245. The van der Waals surface area contributed by atoms with Crippen LogP contribution >= 0.6 is 11.8 Å². The Morgan fingerprint density at radius 3 is 3.12 bits per heavy atom. The molecular weight excluding hydrogens is 240 g/mol. The second kappa shape index (κ2) is 6.04. The predicted octanol–water partition coefficient (Wildman–Crippen LogP) is -0.700. The Kier molecular flexibility index (Phi) is 4.67. The average Bonchev–Trinajstić information content (AvgIpc) is 2.39. The Bertz CT molecular complexity index is 271.